The minimum atomic E-state index is -0.0818. The number of methoxy groups -OCH3 is 1. The highest BCUT2D eigenvalue weighted by Gasteiger charge is 2.09. The summed E-state index contributed by atoms with van der Waals surface area (Å²) in [5.74, 6) is 0.620. The molecule has 2 aromatic rings. The van der Waals surface area contributed by atoms with Gasteiger partial charge in [-0.1, -0.05) is 0 Å². The summed E-state index contributed by atoms with van der Waals surface area (Å²) in [5.41, 5.74) is 0.429. The standard InChI is InChI=1S/C16H19N3O2/c1-18(2)7-4-8-19-11-12(10-17)14-6-5-13(21-3)9-15(14)16(19)20/h5-6,9,11H,4,7-8H2,1-3H3. The van der Waals surface area contributed by atoms with Gasteiger partial charge in [0.2, 0.25) is 0 Å². The van der Waals surface area contributed by atoms with Crippen molar-refractivity contribution in [2.75, 3.05) is 27.7 Å². The van der Waals surface area contributed by atoms with Crippen molar-refractivity contribution in [3.8, 4) is 11.8 Å². The lowest BCUT2D eigenvalue weighted by molar-refractivity contribution is 0.385. The molecule has 0 amide bonds. The van der Waals surface area contributed by atoms with E-state index in [1.54, 1.807) is 36.1 Å². The van der Waals surface area contributed by atoms with Crippen molar-refractivity contribution in [1.82, 2.24) is 9.47 Å². The van der Waals surface area contributed by atoms with Gasteiger partial charge in [0, 0.05) is 18.1 Å². The Labute approximate surface area is 124 Å². The summed E-state index contributed by atoms with van der Waals surface area (Å²) in [6, 6.07) is 7.38. The minimum Gasteiger partial charge on any atom is -0.497 e. The van der Waals surface area contributed by atoms with Gasteiger partial charge in [-0.2, -0.15) is 5.26 Å². The summed E-state index contributed by atoms with van der Waals surface area (Å²) in [6.07, 6.45) is 2.50. The van der Waals surface area contributed by atoms with Crippen LogP contribution in [0.1, 0.15) is 12.0 Å². The lowest BCUT2D eigenvalue weighted by atomic mass is 10.1. The Hall–Kier alpha value is -2.32. The summed E-state index contributed by atoms with van der Waals surface area (Å²) in [7, 11) is 5.55. The van der Waals surface area contributed by atoms with Crippen LogP contribution in [0.5, 0.6) is 5.75 Å². The van der Waals surface area contributed by atoms with Crippen LogP contribution in [0, 0.1) is 11.3 Å². The molecule has 1 aromatic carbocycles. The van der Waals surface area contributed by atoms with Crippen molar-refractivity contribution in [3.63, 3.8) is 0 Å². The molecule has 0 fully saturated rings. The third kappa shape index (κ3) is 3.23. The number of hydrogen-bond acceptors (Lipinski definition) is 4. The number of hydrogen-bond donors (Lipinski definition) is 0. The summed E-state index contributed by atoms with van der Waals surface area (Å²) in [6.45, 7) is 1.49. The van der Waals surface area contributed by atoms with Crippen LogP contribution in [0.2, 0.25) is 0 Å². The number of aryl methyl sites for hydroxylation is 1. The molecule has 2 rings (SSSR count). The maximum absolute atomic E-state index is 12.5. The third-order valence-electron chi connectivity index (χ3n) is 3.42. The molecule has 0 aliphatic rings. The van der Waals surface area contributed by atoms with E-state index in [2.05, 4.69) is 11.0 Å². The number of fused-ring (bicyclic) bond motifs is 1. The molecule has 0 N–H and O–H groups in total. The molecule has 1 heterocycles. The first-order valence-corrected chi connectivity index (χ1v) is 6.83. The maximum atomic E-state index is 12.5. The maximum Gasteiger partial charge on any atom is 0.258 e. The second kappa shape index (κ2) is 6.42. The molecule has 21 heavy (non-hydrogen) atoms. The topological polar surface area (TPSA) is 58.3 Å². The van der Waals surface area contributed by atoms with Crippen LogP contribution in [-0.2, 0) is 6.54 Å². The van der Waals surface area contributed by atoms with E-state index in [-0.39, 0.29) is 5.56 Å². The van der Waals surface area contributed by atoms with Crippen molar-refractivity contribution in [2.24, 2.45) is 0 Å². The van der Waals surface area contributed by atoms with Crippen LogP contribution in [0.4, 0.5) is 0 Å². The summed E-state index contributed by atoms with van der Waals surface area (Å²) < 4.78 is 6.78. The predicted molar refractivity (Wildman–Crippen MR) is 82.6 cm³/mol. The molecule has 0 spiro atoms. The molecule has 0 atom stereocenters. The molecule has 1 aromatic heterocycles. The van der Waals surface area contributed by atoms with Crippen LogP contribution >= 0.6 is 0 Å². The van der Waals surface area contributed by atoms with Crippen LogP contribution in [-0.4, -0.2) is 37.2 Å². The van der Waals surface area contributed by atoms with Gasteiger partial charge in [0.1, 0.15) is 11.8 Å². The van der Waals surface area contributed by atoms with Gasteiger partial charge in [-0.15, -0.1) is 0 Å². The van der Waals surface area contributed by atoms with Gasteiger partial charge in [-0.3, -0.25) is 4.79 Å². The van der Waals surface area contributed by atoms with Gasteiger partial charge in [0.15, 0.2) is 0 Å². The average Bonchev–Trinajstić information content (AvgIpc) is 2.49. The summed E-state index contributed by atoms with van der Waals surface area (Å²) in [4.78, 5) is 14.6. The van der Waals surface area contributed by atoms with Crippen LogP contribution < -0.4 is 10.3 Å². The van der Waals surface area contributed by atoms with Crippen molar-refractivity contribution in [2.45, 2.75) is 13.0 Å². The van der Waals surface area contributed by atoms with Gasteiger partial charge >= 0.3 is 0 Å². The van der Waals surface area contributed by atoms with Crippen LogP contribution in [0.25, 0.3) is 10.8 Å². The number of nitrogens with zero attached hydrogens (tertiary/aromatic N) is 3. The normalized spacial score (nSPS) is 10.8. The Bertz CT molecular complexity index is 741. The molecule has 5 heteroatoms. The molecule has 0 aliphatic carbocycles. The van der Waals surface area contributed by atoms with Crippen molar-refractivity contribution in [1.29, 1.82) is 5.26 Å². The van der Waals surface area contributed by atoms with Gasteiger partial charge in [-0.05, 0) is 45.3 Å². The molecule has 110 valence electrons. The van der Waals surface area contributed by atoms with Crippen LogP contribution in [0.15, 0.2) is 29.2 Å². The highest BCUT2D eigenvalue weighted by molar-refractivity contribution is 5.88. The molecule has 0 unspecified atom stereocenters. The highest BCUT2D eigenvalue weighted by Crippen LogP contribution is 2.20. The van der Waals surface area contributed by atoms with Crippen LogP contribution in [0.3, 0.4) is 0 Å². The van der Waals surface area contributed by atoms with E-state index in [9.17, 15) is 10.1 Å². The molecule has 0 radical (unpaired) electrons. The first-order valence-electron chi connectivity index (χ1n) is 6.83. The zero-order valence-corrected chi connectivity index (χ0v) is 12.6. The lowest BCUT2D eigenvalue weighted by Crippen LogP contribution is -2.23. The quantitative estimate of drug-likeness (QED) is 0.841. The van der Waals surface area contributed by atoms with Gasteiger partial charge < -0.3 is 14.2 Å². The largest absolute Gasteiger partial charge is 0.497 e. The molecular weight excluding hydrogens is 266 g/mol. The smallest absolute Gasteiger partial charge is 0.258 e. The predicted octanol–water partition coefficient (Wildman–Crippen LogP) is 1.83. The first kappa shape index (κ1) is 15.1. The Balaban J connectivity index is 2.49. The highest BCUT2D eigenvalue weighted by atomic mass is 16.5. The second-order valence-corrected chi connectivity index (χ2v) is 5.22. The SMILES string of the molecule is COc1ccc2c(C#N)cn(CCCN(C)C)c(=O)c2c1. The van der Waals surface area contributed by atoms with E-state index in [1.165, 1.54) is 0 Å². The van der Waals surface area contributed by atoms with E-state index in [0.29, 0.717) is 28.6 Å². The molecular formula is C16H19N3O2. The zero-order chi connectivity index (χ0) is 15.4. The zero-order valence-electron chi connectivity index (χ0n) is 12.6. The minimum absolute atomic E-state index is 0.0818. The average molecular weight is 285 g/mol. The molecule has 0 saturated heterocycles. The number of aromatic nitrogens is 1. The van der Waals surface area contributed by atoms with E-state index in [0.717, 1.165) is 13.0 Å². The fourth-order valence-electron chi connectivity index (χ4n) is 2.31. The van der Waals surface area contributed by atoms with Crippen molar-refractivity contribution >= 4 is 10.8 Å². The second-order valence-electron chi connectivity index (χ2n) is 5.22. The fourth-order valence-corrected chi connectivity index (χ4v) is 2.31. The molecule has 5 nitrogen and oxygen atoms in total. The van der Waals surface area contributed by atoms with Crippen molar-refractivity contribution < 1.29 is 4.74 Å². The Morgan fingerprint density at radius 3 is 2.71 bits per heavy atom. The molecule has 0 aliphatic heterocycles. The molecule has 0 bridgehead atoms. The fraction of sp³-hybridized carbons (Fsp3) is 0.375. The number of nitriles is 1. The monoisotopic (exact) mass is 285 g/mol. The van der Waals surface area contributed by atoms with Crippen molar-refractivity contribution in [3.05, 3.63) is 40.3 Å². The van der Waals surface area contributed by atoms with Gasteiger partial charge in [-0.25, -0.2) is 0 Å². The summed E-state index contributed by atoms with van der Waals surface area (Å²) >= 11 is 0. The number of benzene rings is 1. The number of ether oxygens (including phenoxy) is 1. The van der Waals surface area contributed by atoms with Gasteiger partial charge in [0.05, 0.1) is 18.1 Å². The van der Waals surface area contributed by atoms with E-state index in [4.69, 9.17) is 4.74 Å². The Morgan fingerprint density at radius 1 is 1.33 bits per heavy atom. The number of rotatable bonds is 5. The Kier molecular flexibility index (Phi) is 4.61. The van der Waals surface area contributed by atoms with E-state index >= 15 is 0 Å². The van der Waals surface area contributed by atoms with E-state index < -0.39 is 0 Å². The first-order chi connectivity index (χ1) is 10.1. The third-order valence-corrected chi connectivity index (χ3v) is 3.42. The molecule has 0 saturated carbocycles. The number of pyridine rings is 1. The van der Waals surface area contributed by atoms with Gasteiger partial charge in [0.25, 0.3) is 5.56 Å². The lowest BCUT2D eigenvalue weighted by Gasteiger charge is -2.12. The van der Waals surface area contributed by atoms with E-state index in [1.807, 2.05) is 14.1 Å². The Morgan fingerprint density at radius 2 is 2.10 bits per heavy atom. The summed E-state index contributed by atoms with van der Waals surface area (Å²) in [5, 5.41) is 10.5.